The molecule has 1 aliphatic rings. The molecule has 4 aromatic rings. The first-order valence-electron chi connectivity index (χ1n) is 12.5. The molecule has 0 spiro atoms. The molecule has 0 amide bonds. The van der Waals surface area contributed by atoms with Crippen LogP contribution in [0.2, 0.25) is 0 Å². The Kier molecular flexibility index (Phi) is 7.17. The SMILES string of the molecule is CNc1nccc(Oc2ccc3c(c2)C(C)C(c2nc4cc(C(F)(F)F)ccc4n2CCO)O3)c1CCC=O. The molecule has 3 heterocycles. The standard InChI is InChI=1S/C28H27F3N4O4/c1-16-20-15-18(38-24-9-10-33-26(32-2)19(24)4-3-12-36)6-8-23(20)39-25(16)27-34-21-14-17(28(29,30)31)5-7-22(21)35(27)11-13-37/h5-10,12,14-16,25,37H,3-4,11,13H2,1-2H3,(H,32,33). The number of halogens is 3. The second-order valence-electron chi connectivity index (χ2n) is 9.27. The van der Waals surface area contributed by atoms with E-state index in [1.54, 1.807) is 36.0 Å². The molecule has 0 aliphatic carbocycles. The lowest BCUT2D eigenvalue weighted by atomic mass is 9.97. The fourth-order valence-corrected chi connectivity index (χ4v) is 4.97. The Hall–Kier alpha value is -4.12. The van der Waals surface area contributed by atoms with Crippen LogP contribution in [0.25, 0.3) is 11.0 Å². The number of carbonyl (C=O) groups excluding carboxylic acids is 1. The predicted molar refractivity (Wildman–Crippen MR) is 138 cm³/mol. The number of anilines is 1. The van der Waals surface area contributed by atoms with Gasteiger partial charge in [-0.05, 0) is 48.9 Å². The smallest absolute Gasteiger partial charge is 0.416 e. The molecule has 204 valence electrons. The van der Waals surface area contributed by atoms with Gasteiger partial charge in [0.05, 0.1) is 23.2 Å². The predicted octanol–water partition coefficient (Wildman–Crippen LogP) is 5.65. The van der Waals surface area contributed by atoms with Gasteiger partial charge in [0.2, 0.25) is 0 Å². The summed E-state index contributed by atoms with van der Waals surface area (Å²) in [6.07, 6.45) is -1.81. The summed E-state index contributed by atoms with van der Waals surface area (Å²) in [5.74, 6) is 2.61. The third kappa shape index (κ3) is 5.01. The molecule has 0 bridgehead atoms. The number of aliphatic hydroxyl groups excluding tert-OH is 1. The lowest BCUT2D eigenvalue weighted by Gasteiger charge is -2.17. The fourth-order valence-electron chi connectivity index (χ4n) is 4.97. The number of aromatic nitrogens is 3. The van der Waals surface area contributed by atoms with Gasteiger partial charge in [0.25, 0.3) is 0 Å². The summed E-state index contributed by atoms with van der Waals surface area (Å²) in [6, 6.07) is 10.6. The highest BCUT2D eigenvalue weighted by Gasteiger charge is 2.37. The highest BCUT2D eigenvalue weighted by Crippen LogP contribution is 2.48. The zero-order valence-corrected chi connectivity index (χ0v) is 21.3. The number of nitrogens with zero attached hydrogens (tertiary/aromatic N) is 3. The lowest BCUT2D eigenvalue weighted by molar-refractivity contribution is -0.137. The van der Waals surface area contributed by atoms with Crippen molar-refractivity contribution in [2.45, 2.75) is 44.5 Å². The highest BCUT2D eigenvalue weighted by molar-refractivity contribution is 5.77. The van der Waals surface area contributed by atoms with Gasteiger partial charge in [-0.25, -0.2) is 9.97 Å². The van der Waals surface area contributed by atoms with Crippen LogP contribution in [0.3, 0.4) is 0 Å². The first kappa shape index (κ1) is 26.5. The van der Waals surface area contributed by atoms with Crippen LogP contribution in [0.5, 0.6) is 17.2 Å². The topological polar surface area (TPSA) is 98.5 Å². The van der Waals surface area contributed by atoms with Gasteiger partial charge in [-0.15, -0.1) is 0 Å². The molecule has 2 unspecified atom stereocenters. The number of imidazole rings is 1. The number of carbonyl (C=O) groups is 1. The molecule has 5 rings (SSSR count). The summed E-state index contributed by atoms with van der Waals surface area (Å²) < 4.78 is 54.1. The van der Waals surface area contributed by atoms with Gasteiger partial charge in [-0.2, -0.15) is 13.2 Å². The van der Waals surface area contributed by atoms with Crippen LogP contribution in [0.15, 0.2) is 48.7 Å². The van der Waals surface area contributed by atoms with E-state index in [-0.39, 0.29) is 24.6 Å². The molecule has 1 aliphatic heterocycles. The van der Waals surface area contributed by atoms with Crippen molar-refractivity contribution in [3.05, 3.63) is 71.2 Å². The maximum atomic E-state index is 13.3. The number of benzene rings is 2. The first-order chi connectivity index (χ1) is 18.7. The Balaban J connectivity index is 1.47. The number of hydrogen-bond donors (Lipinski definition) is 2. The molecule has 0 fully saturated rings. The minimum absolute atomic E-state index is 0.161. The van der Waals surface area contributed by atoms with Gasteiger partial charge >= 0.3 is 6.18 Å². The Bertz CT molecular complexity index is 1520. The van der Waals surface area contributed by atoms with E-state index in [1.165, 1.54) is 6.07 Å². The van der Waals surface area contributed by atoms with E-state index in [2.05, 4.69) is 15.3 Å². The van der Waals surface area contributed by atoms with Crippen molar-refractivity contribution in [1.29, 1.82) is 0 Å². The van der Waals surface area contributed by atoms with Crippen molar-refractivity contribution in [3.8, 4) is 17.2 Å². The molecule has 0 radical (unpaired) electrons. The van der Waals surface area contributed by atoms with Crippen molar-refractivity contribution in [2.24, 2.45) is 0 Å². The fraction of sp³-hybridized carbons (Fsp3) is 0.321. The van der Waals surface area contributed by atoms with Crippen LogP contribution in [0.4, 0.5) is 19.0 Å². The largest absolute Gasteiger partial charge is 0.482 e. The molecule has 11 heteroatoms. The maximum absolute atomic E-state index is 13.3. The third-order valence-electron chi connectivity index (χ3n) is 6.85. The van der Waals surface area contributed by atoms with Gasteiger partial charge in [-0.3, -0.25) is 0 Å². The van der Waals surface area contributed by atoms with E-state index < -0.39 is 17.8 Å². The molecule has 8 nitrogen and oxygen atoms in total. The van der Waals surface area contributed by atoms with Crippen LogP contribution in [0.1, 0.15) is 47.9 Å². The van der Waals surface area contributed by atoms with Crippen LogP contribution in [0, 0.1) is 0 Å². The summed E-state index contributed by atoms with van der Waals surface area (Å²) in [6.45, 7) is 1.90. The van der Waals surface area contributed by atoms with Crippen LogP contribution in [-0.2, 0) is 23.9 Å². The summed E-state index contributed by atoms with van der Waals surface area (Å²) in [5.41, 5.74) is 1.53. The Morgan fingerprint density at radius 2 is 2.03 bits per heavy atom. The number of fused-ring (bicyclic) bond motifs is 2. The lowest BCUT2D eigenvalue weighted by Crippen LogP contribution is -2.16. The zero-order valence-electron chi connectivity index (χ0n) is 21.3. The van der Waals surface area contributed by atoms with Gasteiger partial charge < -0.3 is 29.3 Å². The minimum atomic E-state index is -4.49. The second-order valence-corrected chi connectivity index (χ2v) is 9.27. The molecular formula is C28H27F3N4O4. The zero-order chi connectivity index (χ0) is 27.7. The van der Waals surface area contributed by atoms with Crippen LogP contribution >= 0.6 is 0 Å². The number of ether oxygens (including phenoxy) is 2. The first-order valence-corrected chi connectivity index (χ1v) is 12.5. The minimum Gasteiger partial charge on any atom is -0.482 e. The number of rotatable bonds is 9. The molecular weight excluding hydrogens is 513 g/mol. The quantitative estimate of drug-likeness (QED) is 0.265. The second kappa shape index (κ2) is 10.6. The maximum Gasteiger partial charge on any atom is 0.416 e. The number of hydrogen-bond acceptors (Lipinski definition) is 7. The Morgan fingerprint density at radius 3 is 2.74 bits per heavy atom. The van der Waals surface area contributed by atoms with E-state index in [4.69, 9.17) is 9.47 Å². The van der Waals surface area contributed by atoms with Crippen molar-refractivity contribution >= 4 is 23.1 Å². The number of aliphatic hydroxyl groups is 1. The highest BCUT2D eigenvalue weighted by atomic mass is 19.4. The molecule has 0 saturated carbocycles. The van der Waals surface area contributed by atoms with E-state index in [1.807, 2.05) is 13.0 Å². The van der Waals surface area contributed by atoms with Crippen molar-refractivity contribution in [1.82, 2.24) is 14.5 Å². The van der Waals surface area contributed by atoms with Crippen LogP contribution < -0.4 is 14.8 Å². The van der Waals surface area contributed by atoms with Crippen molar-refractivity contribution in [2.75, 3.05) is 19.0 Å². The number of nitrogens with one attached hydrogen (secondary N) is 1. The van der Waals surface area contributed by atoms with Crippen molar-refractivity contribution < 1.29 is 32.5 Å². The van der Waals surface area contributed by atoms with E-state index in [9.17, 15) is 23.1 Å². The summed E-state index contributed by atoms with van der Waals surface area (Å²) in [7, 11) is 1.75. The third-order valence-corrected chi connectivity index (χ3v) is 6.85. The molecule has 2 atom stereocenters. The van der Waals surface area contributed by atoms with Gasteiger partial charge in [0, 0.05) is 43.3 Å². The summed E-state index contributed by atoms with van der Waals surface area (Å²) in [4.78, 5) is 19.8. The average molecular weight is 541 g/mol. The van der Waals surface area contributed by atoms with E-state index >= 15 is 0 Å². The van der Waals surface area contributed by atoms with Crippen molar-refractivity contribution in [3.63, 3.8) is 0 Å². The normalized spacial score (nSPS) is 16.7. The summed E-state index contributed by atoms with van der Waals surface area (Å²) in [5, 5.41) is 12.7. The number of alkyl halides is 3. The molecule has 2 N–H and O–H groups in total. The van der Waals surface area contributed by atoms with Gasteiger partial charge in [0.1, 0.15) is 29.4 Å². The Morgan fingerprint density at radius 1 is 1.21 bits per heavy atom. The Labute approximate surface area is 222 Å². The monoisotopic (exact) mass is 540 g/mol. The van der Waals surface area contributed by atoms with Crippen LogP contribution in [-0.4, -0.2) is 39.6 Å². The molecule has 39 heavy (non-hydrogen) atoms. The van der Waals surface area contributed by atoms with Gasteiger partial charge in [0.15, 0.2) is 11.9 Å². The molecule has 2 aromatic carbocycles. The number of aldehydes is 1. The van der Waals surface area contributed by atoms with E-state index in [0.717, 1.165) is 29.5 Å². The average Bonchev–Trinajstić information content (AvgIpc) is 3.44. The van der Waals surface area contributed by atoms with Gasteiger partial charge in [-0.1, -0.05) is 6.92 Å². The number of pyridine rings is 1. The molecule has 2 aromatic heterocycles. The molecule has 0 saturated heterocycles. The summed E-state index contributed by atoms with van der Waals surface area (Å²) >= 11 is 0. The van der Waals surface area contributed by atoms with E-state index in [0.29, 0.717) is 47.2 Å².